The summed E-state index contributed by atoms with van der Waals surface area (Å²) in [7, 11) is 1.48. The van der Waals surface area contributed by atoms with Crippen LogP contribution in [0, 0.1) is 58.7 Å². The number of aryl methyl sites for hydroxylation is 1. The molecule has 2 heterocycles. The number of pyridine rings is 1. The summed E-state index contributed by atoms with van der Waals surface area (Å²) in [5, 5.41) is 49.3. The maximum Gasteiger partial charge on any atom is 0.183 e. The van der Waals surface area contributed by atoms with Gasteiger partial charge in [-0.25, -0.2) is 4.98 Å². The minimum Gasteiger partial charge on any atom is -0.504 e. The number of phenols is 1. The monoisotopic (exact) mass is 900 g/mol. The van der Waals surface area contributed by atoms with Gasteiger partial charge in [0.05, 0.1) is 31.2 Å². The summed E-state index contributed by atoms with van der Waals surface area (Å²) in [5.74, 6) is 5.96. The number of aliphatic imine (C=N–C) groups is 1. The molecule has 0 bridgehead atoms. The second-order valence-electron chi connectivity index (χ2n) is 19.8. The van der Waals surface area contributed by atoms with Gasteiger partial charge in [-0.3, -0.25) is 9.59 Å². The molecule has 66 heavy (non-hydrogen) atoms. The average molecular weight is 900 g/mol. The van der Waals surface area contributed by atoms with Gasteiger partial charge in [-0.2, -0.15) is 0 Å². The SMILES string of the molecule is CCC[C@@H]([C@@H]1C[C@@H](Cc2ccnc(N)c2)C[C@H]2C#C[C@H](c3ccccc3)c3cc(O)c(OC)cc3CCC(=O)[C@H](O)C(=O)[C@H]2C1)[C@H](O)C1(C2=C[C+]([C@H](C)CNC[C@H](C)O)C=N2)CCCCC1. The number of nitrogen functional groups attached to an aromatic ring is 1. The van der Waals surface area contributed by atoms with E-state index in [-0.39, 0.29) is 48.0 Å². The van der Waals surface area contributed by atoms with Crippen LogP contribution in [-0.2, 0) is 22.4 Å². The van der Waals surface area contributed by atoms with Crippen molar-refractivity contribution in [3.05, 3.63) is 101 Å². The Balaban J connectivity index is 1.32. The fourth-order valence-electron chi connectivity index (χ4n) is 11.6. The molecule has 2 fully saturated rings. The number of nitrogens with one attached hydrogen (secondary N) is 1. The lowest BCUT2D eigenvalue weighted by molar-refractivity contribution is -0.142. The lowest BCUT2D eigenvalue weighted by Crippen LogP contribution is -2.46. The molecular formula is C55H71N4O7+. The number of phenolic OH excluding ortho intramolecular Hbond substituents is 1. The molecular weight excluding hydrogens is 829 g/mol. The van der Waals surface area contributed by atoms with Crippen LogP contribution in [0.25, 0.3) is 0 Å². The minimum absolute atomic E-state index is 0.0120. The number of benzene rings is 2. The van der Waals surface area contributed by atoms with Gasteiger partial charge < -0.3 is 36.2 Å². The summed E-state index contributed by atoms with van der Waals surface area (Å²) in [5.41, 5.74) is 9.99. The summed E-state index contributed by atoms with van der Waals surface area (Å²) in [6.45, 7) is 7.27. The van der Waals surface area contributed by atoms with E-state index in [0.717, 1.165) is 78.8 Å². The maximum atomic E-state index is 15.0. The van der Waals surface area contributed by atoms with E-state index in [0.29, 0.717) is 44.6 Å². The predicted octanol–water partition coefficient (Wildman–Crippen LogP) is 7.73. The van der Waals surface area contributed by atoms with Gasteiger partial charge in [0.2, 0.25) is 0 Å². The van der Waals surface area contributed by atoms with E-state index in [2.05, 4.69) is 42.1 Å². The number of fused-ring (bicyclic) bond motifs is 2. The van der Waals surface area contributed by atoms with Gasteiger partial charge in [0.15, 0.2) is 34.9 Å². The first-order chi connectivity index (χ1) is 31.8. The van der Waals surface area contributed by atoms with E-state index in [1.54, 1.807) is 25.3 Å². The van der Waals surface area contributed by atoms with Gasteiger partial charge in [0, 0.05) is 37.5 Å². The Morgan fingerprint density at radius 1 is 0.985 bits per heavy atom. The first kappa shape index (κ1) is 48.9. The summed E-state index contributed by atoms with van der Waals surface area (Å²) in [6.07, 6.45) is 11.4. The van der Waals surface area contributed by atoms with Crippen molar-refractivity contribution in [1.29, 1.82) is 0 Å². The largest absolute Gasteiger partial charge is 0.504 e. The predicted molar refractivity (Wildman–Crippen MR) is 259 cm³/mol. The number of nitrogens with two attached hydrogens (primary N) is 1. The summed E-state index contributed by atoms with van der Waals surface area (Å²) in [4.78, 5) is 38.3. The summed E-state index contributed by atoms with van der Waals surface area (Å²) >= 11 is 0. The number of aliphatic hydroxyl groups is 3. The Morgan fingerprint density at radius 3 is 2.47 bits per heavy atom. The van der Waals surface area contributed by atoms with Gasteiger partial charge >= 0.3 is 0 Å². The molecule has 352 valence electrons. The summed E-state index contributed by atoms with van der Waals surface area (Å²) in [6, 6.07) is 17.1. The maximum absolute atomic E-state index is 15.0. The number of allylic oxidation sites excluding steroid dienone is 1. The smallest absolute Gasteiger partial charge is 0.183 e. The number of rotatable bonds is 15. The molecule has 0 radical (unpaired) electrons. The molecule has 2 aromatic carbocycles. The van der Waals surface area contributed by atoms with Crippen molar-refractivity contribution in [3.8, 4) is 23.3 Å². The Kier molecular flexibility index (Phi) is 16.5. The number of aromatic nitrogens is 1. The van der Waals surface area contributed by atoms with E-state index < -0.39 is 53.0 Å². The molecule has 3 aromatic rings. The highest BCUT2D eigenvalue weighted by Gasteiger charge is 2.54. The molecule has 7 N–H and O–H groups in total. The number of hydrogen-bond acceptors (Lipinski definition) is 11. The van der Waals surface area contributed by atoms with Gasteiger partial charge in [0.25, 0.3) is 0 Å². The molecule has 0 saturated heterocycles. The third-order valence-corrected chi connectivity index (χ3v) is 15.1. The van der Waals surface area contributed by atoms with Crippen molar-refractivity contribution in [2.24, 2.45) is 45.9 Å². The van der Waals surface area contributed by atoms with Crippen molar-refractivity contribution in [1.82, 2.24) is 10.3 Å². The molecule has 4 aliphatic rings. The molecule has 0 amide bonds. The standard InChI is InChI=1S/C55H70N4O7/c1-5-12-44(54(65)55(20-10-7-11-21-55)50-29-42(33-59-50)34(2)31-57-32-35(3)60)41-25-37(23-36-19-22-58-51(56)26-36)24-39-15-17-43(38-13-8-6-9-14-38)45-30-48(62)49(66-4)28-40(45)16-18-47(61)53(64)52(63)46(39)27-41/h6,8-9,13-14,19,22,26,28-30,33-35,37,39,41,43-44,46,53-54,57,60,64-65H,5,7,10-12,16,18,20-21,23-25,27,31-32H2,1-4H3,(H2-,56,58,62)/p+1/t34-,35+,37+,39-,41-,43-,44+,46+,53+,54+/m1/s1. The molecule has 1 aliphatic heterocycles. The number of carbonyl (C=O) groups is 2. The fourth-order valence-corrected chi connectivity index (χ4v) is 11.6. The number of anilines is 1. The number of nitrogens with zero attached hydrogens (tertiary/aromatic N) is 2. The van der Waals surface area contributed by atoms with Crippen LogP contribution in [0.1, 0.15) is 120 Å². The van der Waals surface area contributed by atoms with Crippen molar-refractivity contribution < 1.29 is 34.8 Å². The Hall–Kier alpha value is -4.99. The Labute approximate surface area is 391 Å². The minimum atomic E-state index is -1.83. The topological polar surface area (TPSA) is 188 Å². The number of ether oxygens (including phenoxy) is 1. The number of Topliss-reactive ketones (excluding diaryl/α,β-unsaturated/α-hetero) is 2. The zero-order valence-electron chi connectivity index (χ0n) is 39.3. The van der Waals surface area contributed by atoms with Crippen LogP contribution >= 0.6 is 0 Å². The lowest BCUT2D eigenvalue weighted by Gasteiger charge is -2.43. The van der Waals surface area contributed by atoms with Crippen molar-refractivity contribution in [3.63, 3.8) is 0 Å². The first-order valence-corrected chi connectivity index (χ1v) is 24.4. The number of ketones is 2. The molecule has 1 aromatic heterocycles. The molecule has 11 heteroatoms. The molecule has 3 aliphatic carbocycles. The fraction of sp³-hybridized carbons (Fsp3) is 0.545. The van der Waals surface area contributed by atoms with Crippen LogP contribution < -0.4 is 15.8 Å². The van der Waals surface area contributed by atoms with Crippen LogP contribution in [0.5, 0.6) is 11.5 Å². The molecule has 10 atom stereocenters. The van der Waals surface area contributed by atoms with E-state index in [9.17, 15) is 30.0 Å². The third-order valence-electron chi connectivity index (χ3n) is 15.1. The lowest BCUT2D eigenvalue weighted by atomic mass is 9.61. The zero-order chi connectivity index (χ0) is 47.0. The van der Waals surface area contributed by atoms with Gasteiger partial charge in [-0.05, 0) is 129 Å². The normalized spacial score (nSPS) is 26.2. The highest BCUT2D eigenvalue weighted by atomic mass is 16.5. The van der Waals surface area contributed by atoms with Crippen LogP contribution in [0.3, 0.4) is 0 Å². The van der Waals surface area contributed by atoms with Gasteiger partial charge in [0.1, 0.15) is 29.4 Å². The van der Waals surface area contributed by atoms with Gasteiger partial charge in [-0.15, -0.1) is 4.99 Å². The Bertz CT molecular complexity index is 2260. The van der Waals surface area contributed by atoms with E-state index in [1.807, 2.05) is 48.7 Å². The van der Waals surface area contributed by atoms with Gasteiger partial charge in [-0.1, -0.05) is 74.8 Å². The van der Waals surface area contributed by atoms with Crippen molar-refractivity contribution >= 4 is 23.6 Å². The molecule has 7 rings (SSSR count). The van der Waals surface area contributed by atoms with E-state index in [1.165, 1.54) is 7.11 Å². The number of hydrogen-bond donors (Lipinski definition) is 6. The number of aliphatic hydroxyl groups excluding tert-OH is 3. The van der Waals surface area contributed by atoms with Crippen molar-refractivity contribution in [2.45, 2.75) is 128 Å². The van der Waals surface area contributed by atoms with Crippen molar-refractivity contribution in [2.75, 3.05) is 25.9 Å². The van der Waals surface area contributed by atoms with Crippen LogP contribution in [-0.4, -0.2) is 81.7 Å². The van der Waals surface area contributed by atoms with Crippen LogP contribution in [0.4, 0.5) is 5.82 Å². The molecule has 11 nitrogen and oxygen atoms in total. The quantitative estimate of drug-likeness (QED) is 0.0501. The third kappa shape index (κ3) is 11.2. The van der Waals surface area contributed by atoms with Crippen LogP contribution in [0.2, 0.25) is 0 Å². The second-order valence-corrected chi connectivity index (χ2v) is 19.8. The molecule has 0 unspecified atom stereocenters. The molecule has 0 spiro atoms. The first-order valence-electron chi connectivity index (χ1n) is 24.4. The Morgan fingerprint density at radius 2 is 1.76 bits per heavy atom. The second kappa shape index (κ2) is 22.2. The number of carbonyl (C=O) groups excluding carboxylic acids is 2. The van der Waals surface area contributed by atoms with E-state index in [4.69, 9.17) is 15.5 Å². The van der Waals surface area contributed by atoms with E-state index >= 15 is 0 Å². The zero-order valence-corrected chi connectivity index (χ0v) is 39.3. The highest BCUT2D eigenvalue weighted by Crippen LogP contribution is 2.53. The number of aromatic hydroxyl groups is 1. The molecule has 2 saturated carbocycles. The summed E-state index contributed by atoms with van der Waals surface area (Å²) < 4.78 is 5.49. The number of methoxy groups -OCH3 is 1. The average Bonchev–Trinajstić information content (AvgIpc) is 3.75. The highest BCUT2D eigenvalue weighted by molar-refractivity contribution is 6.06. The van der Waals surface area contributed by atoms with Crippen LogP contribution in [0.15, 0.2) is 77.6 Å².